The fourth-order valence-corrected chi connectivity index (χ4v) is 4.21. The van der Waals surface area contributed by atoms with Crippen molar-refractivity contribution < 1.29 is 18.0 Å². The first-order valence-electron chi connectivity index (χ1n) is 7.99. The number of nitrogens with one attached hydrogen (secondary N) is 1. The van der Waals surface area contributed by atoms with Crippen LogP contribution in [0.2, 0.25) is 0 Å². The minimum atomic E-state index is -3.52. The predicted molar refractivity (Wildman–Crippen MR) is 87.9 cm³/mol. The number of nitrogens with zero attached hydrogens (tertiary/aromatic N) is 2. The van der Waals surface area contributed by atoms with Crippen LogP contribution in [0.25, 0.3) is 0 Å². The van der Waals surface area contributed by atoms with E-state index in [9.17, 15) is 18.0 Å². The fourth-order valence-electron chi connectivity index (χ4n) is 2.80. The van der Waals surface area contributed by atoms with Crippen LogP contribution >= 0.6 is 0 Å². The maximum absolute atomic E-state index is 12.6. The Balaban J connectivity index is 1.79. The molecule has 1 aromatic rings. The van der Waals surface area contributed by atoms with Crippen molar-refractivity contribution in [1.82, 2.24) is 14.5 Å². The lowest BCUT2D eigenvalue weighted by molar-refractivity contribution is -0.127. The molecule has 7 nitrogen and oxygen atoms in total. The molecule has 3 rings (SSSR count). The number of hydrogen-bond acceptors (Lipinski definition) is 4. The van der Waals surface area contributed by atoms with Gasteiger partial charge in [-0.25, -0.2) is 8.42 Å². The van der Waals surface area contributed by atoms with Crippen LogP contribution in [-0.2, 0) is 14.8 Å². The Morgan fingerprint density at radius 2 is 1.88 bits per heavy atom. The van der Waals surface area contributed by atoms with E-state index in [1.165, 1.54) is 33.5 Å². The largest absolute Gasteiger partial charge is 0.353 e. The van der Waals surface area contributed by atoms with E-state index < -0.39 is 16.1 Å². The number of rotatable bonds is 4. The van der Waals surface area contributed by atoms with Crippen molar-refractivity contribution in [2.75, 3.05) is 20.1 Å². The lowest BCUT2D eigenvalue weighted by atomic mass is 10.1. The van der Waals surface area contributed by atoms with E-state index in [2.05, 4.69) is 5.32 Å². The molecule has 24 heavy (non-hydrogen) atoms. The number of benzene rings is 1. The van der Waals surface area contributed by atoms with Crippen LogP contribution in [0.4, 0.5) is 0 Å². The molecule has 2 amide bonds. The molecule has 1 saturated carbocycles. The molecule has 1 N–H and O–H groups in total. The van der Waals surface area contributed by atoms with Crippen LogP contribution in [-0.4, -0.2) is 61.7 Å². The summed E-state index contributed by atoms with van der Waals surface area (Å²) in [5, 5.41) is 2.71. The smallest absolute Gasteiger partial charge is 0.254 e. The quantitative estimate of drug-likeness (QED) is 0.852. The maximum atomic E-state index is 12.6. The molecule has 1 atom stereocenters. The third-order valence-electron chi connectivity index (χ3n) is 4.60. The summed E-state index contributed by atoms with van der Waals surface area (Å²) in [5.41, 5.74) is 0.379. The molecule has 8 heteroatoms. The van der Waals surface area contributed by atoms with Gasteiger partial charge in [0.1, 0.15) is 6.04 Å². The Bertz CT molecular complexity index is 756. The second-order valence-corrected chi connectivity index (χ2v) is 8.24. The molecule has 1 unspecified atom stereocenters. The van der Waals surface area contributed by atoms with E-state index in [1.54, 1.807) is 14.0 Å². The Labute approximate surface area is 141 Å². The first kappa shape index (κ1) is 16.9. The van der Waals surface area contributed by atoms with Crippen LogP contribution in [0.3, 0.4) is 0 Å². The number of amides is 2. The first-order valence-corrected chi connectivity index (χ1v) is 9.43. The van der Waals surface area contributed by atoms with Gasteiger partial charge in [-0.3, -0.25) is 9.59 Å². The molecule has 1 aliphatic heterocycles. The SMILES string of the molecule is CC1C(=O)NCCN1C(=O)c1ccc(S(=O)(=O)N(C)C2CC2)cc1. The summed E-state index contributed by atoms with van der Waals surface area (Å²) in [6.45, 7) is 2.54. The minimum Gasteiger partial charge on any atom is -0.353 e. The van der Waals surface area contributed by atoms with E-state index in [0.717, 1.165) is 12.8 Å². The van der Waals surface area contributed by atoms with E-state index >= 15 is 0 Å². The van der Waals surface area contributed by atoms with Gasteiger partial charge < -0.3 is 10.2 Å². The molecule has 1 aliphatic carbocycles. The van der Waals surface area contributed by atoms with Crippen molar-refractivity contribution in [2.24, 2.45) is 0 Å². The molecule has 1 heterocycles. The van der Waals surface area contributed by atoms with Gasteiger partial charge >= 0.3 is 0 Å². The molecular formula is C16H21N3O4S. The normalized spacial score (nSPS) is 21.7. The van der Waals surface area contributed by atoms with Gasteiger partial charge in [-0.2, -0.15) is 4.31 Å². The van der Waals surface area contributed by atoms with Gasteiger partial charge in [0.2, 0.25) is 15.9 Å². The highest BCUT2D eigenvalue weighted by molar-refractivity contribution is 7.89. The van der Waals surface area contributed by atoms with Gasteiger partial charge in [-0.05, 0) is 44.0 Å². The van der Waals surface area contributed by atoms with Crippen molar-refractivity contribution in [3.05, 3.63) is 29.8 Å². The first-order chi connectivity index (χ1) is 11.3. The second-order valence-electron chi connectivity index (χ2n) is 6.24. The Morgan fingerprint density at radius 3 is 2.46 bits per heavy atom. The van der Waals surface area contributed by atoms with Gasteiger partial charge in [0.25, 0.3) is 5.91 Å². The van der Waals surface area contributed by atoms with Gasteiger partial charge in [-0.15, -0.1) is 0 Å². The molecule has 0 radical (unpaired) electrons. The van der Waals surface area contributed by atoms with Crippen LogP contribution in [0.1, 0.15) is 30.1 Å². The standard InChI is InChI=1S/C16H21N3O4S/c1-11-15(20)17-9-10-19(11)16(21)12-3-7-14(8-4-12)24(22,23)18(2)13-5-6-13/h3-4,7-8,11,13H,5-6,9-10H2,1-2H3,(H,17,20). The highest BCUT2D eigenvalue weighted by Gasteiger charge is 2.35. The van der Waals surface area contributed by atoms with Crippen molar-refractivity contribution >= 4 is 21.8 Å². The minimum absolute atomic E-state index is 0.0871. The number of piperazine rings is 1. The van der Waals surface area contributed by atoms with Gasteiger partial charge in [0.05, 0.1) is 4.90 Å². The molecule has 0 aromatic heterocycles. The van der Waals surface area contributed by atoms with E-state index in [4.69, 9.17) is 0 Å². The van der Waals surface area contributed by atoms with Crippen LogP contribution in [0.5, 0.6) is 0 Å². The highest BCUT2D eigenvalue weighted by Crippen LogP contribution is 2.30. The third kappa shape index (κ3) is 3.03. The zero-order chi connectivity index (χ0) is 17.5. The molecule has 2 aliphatic rings. The summed E-state index contributed by atoms with van der Waals surface area (Å²) < 4.78 is 26.3. The third-order valence-corrected chi connectivity index (χ3v) is 6.52. The summed E-state index contributed by atoms with van der Waals surface area (Å²) >= 11 is 0. The Hall–Kier alpha value is -1.93. The molecule has 1 saturated heterocycles. The van der Waals surface area contributed by atoms with Gasteiger partial charge in [0, 0.05) is 31.7 Å². The Kier molecular flexibility index (Phi) is 4.35. The lowest BCUT2D eigenvalue weighted by Gasteiger charge is -2.32. The molecule has 0 bridgehead atoms. The van der Waals surface area contributed by atoms with Gasteiger partial charge in [0.15, 0.2) is 0 Å². The molecule has 0 spiro atoms. The molecule has 1 aromatic carbocycles. The van der Waals surface area contributed by atoms with E-state index in [-0.39, 0.29) is 22.8 Å². The number of hydrogen-bond donors (Lipinski definition) is 1. The van der Waals surface area contributed by atoms with Crippen molar-refractivity contribution in [3.63, 3.8) is 0 Å². The van der Waals surface area contributed by atoms with Gasteiger partial charge in [-0.1, -0.05) is 0 Å². The van der Waals surface area contributed by atoms with E-state index in [0.29, 0.717) is 18.7 Å². The topological polar surface area (TPSA) is 86.8 Å². The number of carbonyl (C=O) groups excluding carboxylic acids is 2. The monoisotopic (exact) mass is 351 g/mol. The second kappa shape index (κ2) is 6.18. The summed E-state index contributed by atoms with van der Waals surface area (Å²) in [6, 6.07) is 5.48. The summed E-state index contributed by atoms with van der Waals surface area (Å²) in [7, 11) is -1.93. The number of sulfonamides is 1. The maximum Gasteiger partial charge on any atom is 0.254 e. The molecule has 2 fully saturated rings. The van der Waals surface area contributed by atoms with Crippen LogP contribution in [0, 0.1) is 0 Å². The summed E-state index contributed by atoms with van der Waals surface area (Å²) in [5.74, 6) is -0.447. The van der Waals surface area contributed by atoms with Crippen molar-refractivity contribution in [2.45, 2.75) is 36.7 Å². The average molecular weight is 351 g/mol. The zero-order valence-electron chi connectivity index (χ0n) is 13.7. The lowest BCUT2D eigenvalue weighted by Crippen LogP contribution is -2.55. The average Bonchev–Trinajstić information content (AvgIpc) is 3.41. The summed E-state index contributed by atoms with van der Waals surface area (Å²) in [4.78, 5) is 25.9. The van der Waals surface area contributed by atoms with Crippen molar-refractivity contribution in [3.8, 4) is 0 Å². The van der Waals surface area contributed by atoms with Crippen LogP contribution in [0.15, 0.2) is 29.2 Å². The predicted octanol–water partition coefficient (Wildman–Crippen LogP) is 0.430. The Morgan fingerprint density at radius 1 is 1.25 bits per heavy atom. The molecule has 130 valence electrons. The molecular weight excluding hydrogens is 330 g/mol. The fraction of sp³-hybridized carbons (Fsp3) is 0.500. The van der Waals surface area contributed by atoms with Crippen LogP contribution < -0.4 is 5.32 Å². The number of carbonyl (C=O) groups is 2. The van der Waals surface area contributed by atoms with Crippen molar-refractivity contribution in [1.29, 1.82) is 0 Å². The zero-order valence-corrected chi connectivity index (χ0v) is 14.5. The van der Waals surface area contributed by atoms with E-state index in [1.807, 2.05) is 0 Å². The highest BCUT2D eigenvalue weighted by atomic mass is 32.2. The summed E-state index contributed by atoms with van der Waals surface area (Å²) in [6.07, 6.45) is 1.78.